The van der Waals surface area contributed by atoms with Gasteiger partial charge in [-0.25, -0.2) is 0 Å². The molecule has 1 aliphatic rings. The Labute approximate surface area is 353 Å². The molecule has 0 amide bonds. The average molecular weight is 785 g/mol. The zero-order valence-electron chi connectivity index (χ0n) is 33.2. The Balaban J connectivity index is 0.947. The summed E-state index contributed by atoms with van der Waals surface area (Å²) in [5.74, 6) is 0. The van der Waals surface area contributed by atoms with Crippen molar-refractivity contribution >= 4 is 91.8 Å². The van der Waals surface area contributed by atoms with Gasteiger partial charge in [0.2, 0.25) is 0 Å². The predicted molar refractivity (Wildman–Crippen MR) is 259 cm³/mol. The molecule has 0 N–H and O–H groups in total. The molecule has 2 heterocycles. The maximum atomic E-state index is 2.53. The lowest BCUT2D eigenvalue weighted by molar-refractivity contribution is 0.571. The molecular weight excluding hydrogens is 745 g/mol. The number of fused-ring (bicyclic) bond motifs is 9. The van der Waals surface area contributed by atoms with Crippen molar-refractivity contribution in [1.82, 2.24) is 4.57 Å². The van der Waals surface area contributed by atoms with Crippen LogP contribution < -0.4 is 4.90 Å². The van der Waals surface area contributed by atoms with Gasteiger partial charge in [0.1, 0.15) is 0 Å². The maximum absolute atomic E-state index is 2.53. The first kappa shape index (κ1) is 34.8. The zero-order chi connectivity index (χ0) is 39.8. The Hall–Kier alpha value is -7.20. The molecule has 0 spiro atoms. The standard InChI is InChI=1S/C57H40N2S/c1-57(35-33-38(34-36-57)41-24-32-56-52(37-41)51-15-6-9-20-55(51)60-56)59(44-29-27-42(28-30-44)58-53-18-7-4-13-49(53)50-14-5-8-19-54(50)58)43-25-21-40(22-26-43)46-16-10-17-47-45-12-3-2-11-39(45)23-31-48(46)47/h2-35,37H,36H2,1H3. The van der Waals surface area contributed by atoms with Gasteiger partial charge in [-0.1, -0.05) is 146 Å². The van der Waals surface area contributed by atoms with Gasteiger partial charge in [-0.2, -0.15) is 0 Å². The van der Waals surface area contributed by atoms with Crippen molar-refractivity contribution in [3.05, 3.63) is 218 Å². The van der Waals surface area contributed by atoms with Crippen LogP contribution >= 0.6 is 11.3 Å². The van der Waals surface area contributed by atoms with Crippen LogP contribution in [0.3, 0.4) is 0 Å². The third-order valence-electron chi connectivity index (χ3n) is 12.7. The van der Waals surface area contributed by atoms with E-state index < -0.39 is 0 Å². The van der Waals surface area contributed by atoms with Gasteiger partial charge in [-0.3, -0.25) is 0 Å². The van der Waals surface area contributed by atoms with Crippen LogP contribution in [-0.4, -0.2) is 10.1 Å². The highest BCUT2D eigenvalue weighted by molar-refractivity contribution is 7.25. The number of allylic oxidation sites excluding steroid dienone is 2. The molecular formula is C57H40N2S. The van der Waals surface area contributed by atoms with Crippen LogP contribution in [0.4, 0.5) is 11.4 Å². The van der Waals surface area contributed by atoms with Gasteiger partial charge in [0.05, 0.1) is 16.6 Å². The fourth-order valence-electron chi connectivity index (χ4n) is 9.78. The third-order valence-corrected chi connectivity index (χ3v) is 13.9. The molecule has 0 bridgehead atoms. The van der Waals surface area contributed by atoms with Gasteiger partial charge >= 0.3 is 0 Å². The number of anilines is 2. The molecule has 9 aromatic carbocycles. The van der Waals surface area contributed by atoms with Crippen molar-refractivity contribution in [2.45, 2.75) is 18.9 Å². The minimum atomic E-state index is -0.323. The third kappa shape index (κ3) is 5.54. The van der Waals surface area contributed by atoms with Gasteiger partial charge in [0, 0.05) is 48.0 Å². The first-order valence-electron chi connectivity index (χ1n) is 20.8. The summed E-state index contributed by atoms with van der Waals surface area (Å²) in [6, 6.07) is 71.5. The Morgan fingerprint density at radius 3 is 1.83 bits per heavy atom. The van der Waals surface area contributed by atoms with Gasteiger partial charge in [0.25, 0.3) is 0 Å². The number of hydrogen-bond donors (Lipinski definition) is 0. The monoisotopic (exact) mass is 784 g/mol. The number of benzene rings is 9. The van der Waals surface area contributed by atoms with E-state index in [9.17, 15) is 0 Å². The zero-order valence-corrected chi connectivity index (χ0v) is 34.0. The molecule has 284 valence electrons. The van der Waals surface area contributed by atoms with E-state index >= 15 is 0 Å². The van der Waals surface area contributed by atoms with Crippen LogP contribution in [0.2, 0.25) is 0 Å². The first-order chi connectivity index (χ1) is 29.6. The minimum Gasteiger partial charge on any atom is -0.332 e. The van der Waals surface area contributed by atoms with E-state index in [1.54, 1.807) is 0 Å². The topological polar surface area (TPSA) is 8.17 Å². The highest BCUT2D eigenvalue weighted by Gasteiger charge is 2.32. The first-order valence-corrected chi connectivity index (χ1v) is 21.6. The lowest BCUT2D eigenvalue weighted by Gasteiger charge is -2.42. The summed E-state index contributed by atoms with van der Waals surface area (Å²) in [6.07, 6.45) is 8.05. The molecule has 1 atom stereocenters. The number of thiophene rings is 1. The molecule has 2 aromatic heterocycles. The molecule has 11 aromatic rings. The van der Waals surface area contributed by atoms with Crippen LogP contribution in [-0.2, 0) is 0 Å². The van der Waals surface area contributed by atoms with E-state index in [2.05, 4.69) is 229 Å². The van der Waals surface area contributed by atoms with Crippen LogP contribution in [0.1, 0.15) is 18.9 Å². The van der Waals surface area contributed by atoms with Crippen LogP contribution in [0.15, 0.2) is 212 Å². The second kappa shape index (κ2) is 13.7. The van der Waals surface area contributed by atoms with Gasteiger partial charge in [-0.05, 0) is 124 Å². The summed E-state index contributed by atoms with van der Waals surface area (Å²) in [4.78, 5) is 2.53. The normalized spacial score (nSPS) is 15.4. The van der Waals surface area contributed by atoms with Crippen molar-refractivity contribution in [3.8, 4) is 16.8 Å². The average Bonchev–Trinajstić information content (AvgIpc) is 3.85. The number of nitrogens with zero attached hydrogens (tertiary/aromatic N) is 2. The van der Waals surface area contributed by atoms with Gasteiger partial charge < -0.3 is 9.47 Å². The summed E-state index contributed by atoms with van der Waals surface area (Å²) in [5.41, 5.74) is 10.6. The molecule has 1 aliphatic carbocycles. The molecule has 60 heavy (non-hydrogen) atoms. The molecule has 3 heteroatoms. The minimum absolute atomic E-state index is 0.323. The van der Waals surface area contributed by atoms with Crippen molar-refractivity contribution in [2.24, 2.45) is 0 Å². The van der Waals surface area contributed by atoms with E-state index in [0.717, 1.165) is 23.5 Å². The molecule has 0 aliphatic heterocycles. The molecule has 2 nitrogen and oxygen atoms in total. The van der Waals surface area contributed by atoms with E-state index in [0.29, 0.717) is 0 Å². The van der Waals surface area contributed by atoms with Crippen molar-refractivity contribution < 1.29 is 0 Å². The SMILES string of the molecule is CC1(N(c2ccc(-c3cccc4c3ccc3ccccc34)cc2)c2ccc(-n3c4ccccc4c4ccccc43)cc2)C=CC(c2ccc3sc4ccccc4c3c2)=CC1. The summed E-state index contributed by atoms with van der Waals surface area (Å²) < 4.78 is 5.07. The molecule has 0 radical (unpaired) electrons. The van der Waals surface area contributed by atoms with Gasteiger partial charge in [-0.15, -0.1) is 11.3 Å². The fourth-order valence-corrected chi connectivity index (χ4v) is 10.9. The van der Waals surface area contributed by atoms with Crippen LogP contribution in [0.5, 0.6) is 0 Å². The molecule has 0 saturated carbocycles. The predicted octanol–water partition coefficient (Wildman–Crippen LogP) is 16.1. The highest BCUT2D eigenvalue weighted by atomic mass is 32.1. The van der Waals surface area contributed by atoms with E-state index in [1.165, 1.54) is 85.8 Å². The summed E-state index contributed by atoms with van der Waals surface area (Å²) in [5, 5.41) is 10.3. The van der Waals surface area contributed by atoms with Crippen molar-refractivity contribution in [1.29, 1.82) is 0 Å². The Morgan fingerprint density at radius 2 is 1.10 bits per heavy atom. The van der Waals surface area contributed by atoms with E-state index in [4.69, 9.17) is 0 Å². The number of rotatable bonds is 6. The lowest BCUT2D eigenvalue weighted by Crippen LogP contribution is -2.42. The Morgan fingerprint density at radius 1 is 0.483 bits per heavy atom. The fraction of sp³-hybridized carbons (Fsp3) is 0.0526. The summed E-state index contributed by atoms with van der Waals surface area (Å²) in [6.45, 7) is 2.37. The molecule has 0 saturated heterocycles. The lowest BCUT2D eigenvalue weighted by atomic mass is 9.85. The molecule has 1 unspecified atom stereocenters. The molecule has 0 fully saturated rings. The van der Waals surface area contributed by atoms with Crippen LogP contribution in [0.25, 0.3) is 85.9 Å². The summed E-state index contributed by atoms with van der Waals surface area (Å²) >= 11 is 1.87. The molecule has 12 rings (SSSR count). The number of hydrogen-bond acceptors (Lipinski definition) is 2. The van der Waals surface area contributed by atoms with Crippen molar-refractivity contribution in [3.63, 3.8) is 0 Å². The second-order valence-corrected chi connectivity index (χ2v) is 17.4. The smallest absolute Gasteiger partial charge is 0.0643 e. The van der Waals surface area contributed by atoms with Gasteiger partial charge in [0.15, 0.2) is 0 Å². The second-order valence-electron chi connectivity index (χ2n) is 16.3. The number of para-hydroxylation sites is 2. The van der Waals surface area contributed by atoms with Crippen molar-refractivity contribution in [2.75, 3.05) is 4.90 Å². The van der Waals surface area contributed by atoms with E-state index in [-0.39, 0.29) is 5.54 Å². The Bertz CT molecular complexity index is 3480. The summed E-state index contributed by atoms with van der Waals surface area (Å²) in [7, 11) is 0. The Kier molecular flexibility index (Phi) is 7.94. The number of aromatic nitrogens is 1. The largest absolute Gasteiger partial charge is 0.332 e. The maximum Gasteiger partial charge on any atom is 0.0643 e. The quantitative estimate of drug-likeness (QED) is 0.153. The highest BCUT2D eigenvalue weighted by Crippen LogP contribution is 2.43. The van der Waals surface area contributed by atoms with E-state index in [1.807, 2.05) is 11.3 Å². The van der Waals surface area contributed by atoms with Crippen LogP contribution in [0, 0.1) is 0 Å².